The molecule has 1 aliphatic rings. The van der Waals surface area contributed by atoms with Gasteiger partial charge >= 0.3 is 11.8 Å². The molecule has 10 heteroatoms. The molecule has 140 valence electrons. The van der Waals surface area contributed by atoms with Crippen LogP contribution in [0.2, 0.25) is 5.02 Å². The number of hydrogen-bond donors (Lipinski definition) is 2. The summed E-state index contributed by atoms with van der Waals surface area (Å²) in [6.45, 7) is 0.263. The lowest BCUT2D eigenvalue weighted by molar-refractivity contribution is -0.384. The molecule has 2 amide bonds. The van der Waals surface area contributed by atoms with E-state index in [2.05, 4.69) is 10.6 Å². The topological polar surface area (TPSA) is 120 Å². The first-order chi connectivity index (χ1) is 12.9. The maximum absolute atomic E-state index is 12.0. The molecule has 0 saturated carbocycles. The number of nitro benzene ring substituents is 1. The van der Waals surface area contributed by atoms with E-state index in [1.807, 2.05) is 6.07 Å². The molecule has 0 aromatic heterocycles. The number of anilines is 1. The molecule has 0 saturated heterocycles. The van der Waals surface area contributed by atoms with Gasteiger partial charge in [0.15, 0.2) is 11.5 Å². The first-order valence-corrected chi connectivity index (χ1v) is 8.23. The third kappa shape index (κ3) is 4.45. The number of hydrogen-bond acceptors (Lipinski definition) is 6. The molecule has 0 radical (unpaired) electrons. The van der Waals surface area contributed by atoms with Crippen molar-refractivity contribution in [2.45, 2.75) is 6.10 Å². The summed E-state index contributed by atoms with van der Waals surface area (Å²) in [7, 11) is 0. The van der Waals surface area contributed by atoms with Crippen molar-refractivity contribution in [2.75, 3.05) is 18.5 Å². The predicted octanol–water partition coefficient (Wildman–Crippen LogP) is 2.14. The highest BCUT2D eigenvalue weighted by Crippen LogP contribution is 2.30. The molecule has 3 rings (SSSR count). The number of carbonyl (C=O) groups is 2. The highest BCUT2D eigenvalue weighted by Gasteiger charge is 2.23. The van der Waals surface area contributed by atoms with Gasteiger partial charge in [-0.25, -0.2) is 0 Å². The Kier molecular flexibility index (Phi) is 5.41. The quantitative estimate of drug-likeness (QED) is 0.468. The van der Waals surface area contributed by atoms with Crippen molar-refractivity contribution >= 4 is 34.8 Å². The van der Waals surface area contributed by atoms with Crippen molar-refractivity contribution in [3.8, 4) is 11.5 Å². The van der Waals surface area contributed by atoms with Gasteiger partial charge in [-0.3, -0.25) is 19.7 Å². The van der Waals surface area contributed by atoms with E-state index in [4.69, 9.17) is 21.1 Å². The van der Waals surface area contributed by atoms with Crippen LogP contribution in [0.5, 0.6) is 11.5 Å². The molecule has 0 spiro atoms. The lowest BCUT2D eigenvalue weighted by Gasteiger charge is -2.26. The van der Waals surface area contributed by atoms with Gasteiger partial charge in [-0.1, -0.05) is 23.7 Å². The number of benzene rings is 2. The minimum atomic E-state index is -1.01. The van der Waals surface area contributed by atoms with Gasteiger partial charge in [0.05, 0.1) is 22.2 Å². The van der Waals surface area contributed by atoms with Crippen molar-refractivity contribution in [1.29, 1.82) is 0 Å². The van der Waals surface area contributed by atoms with E-state index in [1.165, 1.54) is 12.1 Å². The monoisotopic (exact) mass is 391 g/mol. The van der Waals surface area contributed by atoms with Gasteiger partial charge in [0.25, 0.3) is 5.69 Å². The number of non-ortho nitro benzene ring substituents is 1. The number of ether oxygens (including phenoxy) is 2. The molecule has 0 bridgehead atoms. The fraction of sp³-hybridized carbons (Fsp3) is 0.176. The second-order valence-corrected chi connectivity index (χ2v) is 5.99. The highest BCUT2D eigenvalue weighted by molar-refractivity contribution is 6.41. The Hall–Kier alpha value is -3.33. The molecule has 2 N–H and O–H groups in total. The van der Waals surface area contributed by atoms with E-state index in [9.17, 15) is 19.7 Å². The lowest BCUT2D eigenvalue weighted by Crippen LogP contribution is -2.44. The van der Waals surface area contributed by atoms with Crippen molar-refractivity contribution in [2.24, 2.45) is 0 Å². The number of nitrogens with one attached hydrogen (secondary N) is 2. The van der Waals surface area contributed by atoms with E-state index in [1.54, 1.807) is 18.2 Å². The molecule has 1 atom stereocenters. The Morgan fingerprint density at radius 1 is 1.19 bits per heavy atom. The van der Waals surface area contributed by atoms with E-state index < -0.39 is 22.8 Å². The first-order valence-electron chi connectivity index (χ1n) is 7.85. The van der Waals surface area contributed by atoms with Crippen LogP contribution in [0.15, 0.2) is 42.5 Å². The first kappa shape index (κ1) is 18.5. The number of nitrogens with zero attached hydrogens (tertiary/aromatic N) is 1. The molecule has 0 aliphatic carbocycles. The van der Waals surface area contributed by atoms with E-state index in [0.29, 0.717) is 11.5 Å². The van der Waals surface area contributed by atoms with Crippen LogP contribution >= 0.6 is 11.6 Å². The summed E-state index contributed by atoms with van der Waals surface area (Å²) in [4.78, 5) is 34.1. The third-order valence-corrected chi connectivity index (χ3v) is 4.00. The zero-order valence-corrected chi connectivity index (χ0v) is 14.6. The zero-order valence-electron chi connectivity index (χ0n) is 13.8. The van der Waals surface area contributed by atoms with Crippen molar-refractivity contribution in [1.82, 2.24) is 5.32 Å². The molecule has 1 aliphatic heterocycles. The van der Waals surface area contributed by atoms with E-state index >= 15 is 0 Å². The third-order valence-electron chi connectivity index (χ3n) is 3.67. The standard InChI is InChI=1S/C17H14ClN3O6/c18-12-6-5-10(21(24)25)7-13(12)20-17(23)16(22)19-8-11-9-26-14-3-1-2-4-15(14)27-11/h1-7,11H,8-9H2,(H,19,22)(H,20,23). The molecule has 1 unspecified atom stereocenters. The average molecular weight is 392 g/mol. The maximum atomic E-state index is 12.0. The summed E-state index contributed by atoms with van der Waals surface area (Å²) in [5, 5.41) is 15.5. The molecular weight excluding hydrogens is 378 g/mol. The van der Waals surface area contributed by atoms with Gasteiger partial charge in [-0.2, -0.15) is 0 Å². The number of halogens is 1. The largest absolute Gasteiger partial charge is 0.486 e. The smallest absolute Gasteiger partial charge is 0.313 e. The van der Waals surface area contributed by atoms with Crippen LogP contribution in [0.1, 0.15) is 0 Å². The maximum Gasteiger partial charge on any atom is 0.313 e. The Morgan fingerprint density at radius 3 is 2.67 bits per heavy atom. The number of carbonyl (C=O) groups excluding carboxylic acids is 2. The second-order valence-electron chi connectivity index (χ2n) is 5.58. The number of rotatable bonds is 4. The molecule has 0 fully saturated rings. The van der Waals surface area contributed by atoms with Crippen LogP contribution in [-0.2, 0) is 9.59 Å². The summed E-state index contributed by atoms with van der Waals surface area (Å²) < 4.78 is 11.2. The summed E-state index contributed by atoms with van der Waals surface area (Å²) >= 11 is 5.89. The minimum Gasteiger partial charge on any atom is -0.486 e. The van der Waals surface area contributed by atoms with Crippen LogP contribution in [0.3, 0.4) is 0 Å². The molecule has 1 heterocycles. The Balaban J connectivity index is 1.55. The van der Waals surface area contributed by atoms with Gasteiger partial charge in [0.2, 0.25) is 0 Å². The van der Waals surface area contributed by atoms with Crippen molar-refractivity contribution < 1.29 is 24.0 Å². The number of fused-ring (bicyclic) bond motifs is 1. The van der Waals surface area contributed by atoms with E-state index in [0.717, 1.165) is 6.07 Å². The summed E-state index contributed by atoms with van der Waals surface area (Å²) in [6, 6.07) is 10.6. The highest BCUT2D eigenvalue weighted by atomic mass is 35.5. The van der Waals surface area contributed by atoms with E-state index in [-0.39, 0.29) is 29.5 Å². The van der Waals surface area contributed by atoms with Gasteiger partial charge < -0.3 is 20.1 Å². The molecule has 2 aromatic rings. The van der Waals surface area contributed by atoms with Crippen LogP contribution in [0, 0.1) is 10.1 Å². The summed E-state index contributed by atoms with van der Waals surface area (Å²) in [5.41, 5.74) is -0.293. The minimum absolute atomic E-state index is 0.0304. The van der Waals surface area contributed by atoms with Crippen molar-refractivity contribution in [3.05, 3.63) is 57.6 Å². The fourth-order valence-electron chi connectivity index (χ4n) is 2.35. The average Bonchev–Trinajstić information content (AvgIpc) is 2.67. The van der Waals surface area contributed by atoms with Crippen LogP contribution in [-0.4, -0.2) is 36.0 Å². The number of para-hydroxylation sites is 2. The molecule has 27 heavy (non-hydrogen) atoms. The second kappa shape index (κ2) is 7.92. The van der Waals surface area contributed by atoms with Crippen LogP contribution in [0.25, 0.3) is 0 Å². The van der Waals surface area contributed by atoms with Gasteiger partial charge in [-0.15, -0.1) is 0 Å². The number of amides is 2. The fourth-order valence-corrected chi connectivity index (χ4v) is 2.52. The van der Waals surface area contributed by atoms with Gasteiger partial charge in [0, 0.05) is 12.1 Å². The van der Waals surface area contributed by atoms with Crippen molar-refractivity contribution in [3.63, 3.8) is 0 Å². The Bertz CT molecular complexity index is 904. The van der Waals surface area contributed by atoms with Gasteiger partial charge in [0.1, 0.15) is 12.7 Å². The predicted molar refractivity (Wildman–Crippen MR) is 96.1 cm³/mol. The zero-order chi connectivity index (χ0) is 19.4. The Morgan fingerprint density at radius 2 is 1.93 bits per heavy atom. The van der Waals surface area contributed by atoms with Crippen LogP contribution in [0.4, 0.5) is 11.4 Å². The Labute approximate surface area is 158 Å². The summed E-state index contributed by atoms with van der Waals surface area (Å²) in [6.07, 6.45) is -0.460. The van der Waals surface area contributed by atoms with Gasteiger partial charge in [-0.05, 0) is 18.2 Å². The number of nitro groups is 1. The lowest BCUT2D eigenvalue weighted by atomic mass is 10.2. The summed E-state index contributed by atoms with van der Waals surface area (Å²) in [5.74, 6) is -0.775. The normalized spacial score (nSPS) is 14.9. The SMILES string of the molecule is O=C(NCC1COc2ccccc2O1)C(=O)Nc1cc([N+](=O)[O-])ccc1Cl. The molecule has 9 nitrogen and oxygen atoms in total. The molecule has 2 aromatic carbocycles. The molecular formula is C17H14ClN3O6. The van der Waals surface area contributed by atoms with Crippen LogP contribution < -0.4 is 20.1 Å².